The van der Waals surface area contributed by atoms with Crippen molar-refractivity contribution in [2.24, 2.45) is 5.41 Å². The first-order valence-electron chi connectivity index (χ1n) is 13.2. The summed E-state index contributed by atoms with van der Waals surface area (Å²) in [7, 11) is 1.57. The highest BCUT2D eigenvalue weighted by atomic mass is 19.1. The van der Waals surface area contributed by atoms with Gasteiger partial charge in [-0.15, -0.1) is 0 Å². The first-order chi connectivity index (χ1) is 18.1. The van der Waals surface area contributed by atoms with E-state index in [1.165, 1.54) is 18.2 Å². The fraction of sp³-hybridized carbons (Fsp3) is 0.406. The molecular formula is C32H36F2O4. The fourth-order valence-corrected chi connectivity index (χ4v) is 5.76. The zero-order valence-corrected chi connectivity index (χ0v) is 22.5. The summed E-state index contributed by atoms with van der Waals surface area (Å²) >= 11 is 0. The number of rotatable bonds is 10. The van der Waals surface area contributed by atoms with E-state index >= 15 is 4.39 Å². The molecule has 0 bridgehead atoms. The molecule has 4 nitrogen and oxygen atoms in total. The lowest BCUT2D eigenvalue weighted by Crippen LogP contribution is -2.17. The minimum atomic E-state index is -0.918. The van der Waals surface area contributed by atoms with Gasteiger partial charge in [0.25, 0.3) is 0 Å². The molecule has 202 valence electrons. The quantitative estimate of drug-likeness (QED) is 0.290. The molecule has 1 aliphatic carbocycles. The molecule has 0 spiro atoms. The van der Waals surface area contributed by atoms with Crippen LogP contribution in [-0.4, -0.2) is 18.2 Å². The molecule has 1 aliphatic rings. The van der Waals surface area contributed by atoms with Gasteiger partial charge in [-0.2, -0.15) is 0 Å². The van der Waals surface area contributed by atoms with Crippen LogP contribution in [0.1, 0.15) is 81.4 Å². The van der Waals surface area contributed by atoms with E-state index in [0.29, 0.717) is 29.0 Å². The maximum Gasteiger partial charge on any atom is 0.303 e. The average Bonchev–Trinajstić information content (AvgIpc) is 3.24. The highest BCUT2D eigenvalue weighted by Gasteiger charge is 2.37. The molecule has 4 rings (SSSR count). The largest absolute Gasteiger partial charge is 0.497 e. The van der Waals surface area contributed by atoms with Crippen LogP contribution >= 0.6 is 0 Å². The van der Waals surface area contributed by atoms with E-state index in [4.69, 9.17) is 9.47 Å². The Morgan fingerprint density at radius 2 is 1.84 bits per heavy atom. The summed E-state index contributed by atoms with van der Waals surface area (Å²) in [6, 6.07) is 15.2. The van der Waals surface area contributed by atoms with Gasteiger partial charge in [0.2, 0.25) is 0 Å². The highest BCUT2D eigenvalue weighted by Crippen LogP contribution is 2.51. The number of carbonyl (C=O) groups is 1. The number of benzene rings is 3. The van der Waals surface area contributed by atoms with Crippen molar-refractivity contribution < 1.29 is 28.2 Å². The third-order valence-corrected chi connectivity index (χ3v) is 7.90. The van der Waals surface area contributed by atoms with Crippen LogP contribution in [0.4, 0.5) is 8.78 Å². The monoisotopic (exact) mass is 522 g/mol. The molecule has 1 saturated carbocycles. The van der Waals surface area contributed by atoms with Gasteiger partial charge in [-0.1, -0.05) is 45.4 Å². The number of carboxylic acid groups (broad SMARTS) is 1. The van der Waals surface area contributed by atoms with Crippen LogP contribution in [-0.2, 0) is 11.4 Å². The SMILES string of the molecule is CC[C@@H](CC(=O)O)c1cc(F)cc(OCc2ccc(-c3cc(OC)ccc3F)c([C@H]3CCCC3(C)C)c2)c1. The lowest BCUT2D eigenvalue weighted by Gasteiger charge is -2.30. The number of halogens is 2. The van der Waals surface area contributed by atoms with Crippen LogP contribution in [0.2, 0.25) is 0 Å². The molecule has 38 heavy (non-hydrogen) atoms. The Labute approximate surface area is 223 Å². The topological polar surface area (TPSA) is 55.8 Å². The molecule has 3 aromatic carbocycles. The summed E-state index contributed by atoms with van der Waals surface area (Å²) < 4.78 is 40.8. The van der Waals surface area contributed by atoms with Crippen molar-refractivity contribution in [3.05, 3.63) is 82.9 Å². The fourth-order valence-electron chi connectivity index (χ4n) is 5.76. The predicted octanol–water partition coefficient (Wildman–Crippen LogP) is 8.48. The van der Waals surface area contributed by atoms with E-state index in [-0.39, 0.29) is 36.1 Å². The molecule has 1 fully saturated rings. The molecule has 0 saturated heterocycles. The van der Waals surface area contributed by atoms with Crippen molar-refractivity contribution >= 4 is 5.97 Å². The van der Waals surface area contributed by atoms with Crippen molar-refractivity contribution in [3.8, 4) is 22.6 Å². The van der Waals surface area contributed by atoms with Crippen LogP contribution < -0.4 is 9.47 Å². The third kappa shape index (κ3) is 6.17. The van der Waals surface area contributed by atoms with Crippen LogP contribution in [0.15, 0.2) is 54.6 Å². The molecule has 0 radical (unpaired) electrons. The number of hydrogen-bond acceptors (Lipinski definition) is 3. The Morgan fingerprint density at radius 3 is 2.50 bits per heavy atom. The zero-order chi connectivity index (χ0) is 27.4. The van der Waals surface area contributed by atoms with Crippen molar-refractivity contribution in [3.63, 3.8) is 0 Å². The summed E-state index contributed by atoms with van der Waals surface area (Å²) in [5.41, 5.74) is 4.01. The van der Waals surface area contributed by atoms with E-state index in [1.807, 2.05) is 19.1 Å². The van der Waals surface area contributed by atoms with Gasteiger partial charge in [0.1, 0.15) is 29.7 Å². The number of ether oxygens (including phenoxy) is 2. The van der Waals surface area contributed by atoms with Crippen LogP contribution in [0, 0.1) is 17.0 Å². The molecule has 3 aromatic rings. The van der Waals surface area contributed by atoms with Gasteiger partial charge in [0, 0.05) is 11.6 Å². The van der Waals surface area contributed by atoms with Crippen LogP contribution in [0.5, 0.6) is 11.5 Å². The summed E-state index contributed by atoms with van der Waals surface area (Å²) in [4.78, 5) is 11.2. The normalized spacial score (nSPS) is 17.3. The smallest absolute Gasteiger partial charge is 0.303 e. The summed E-state index contributed by atoms with van der Waals surface area (Å²) in [6.45, 7) is 6.61. The van der Waals surface area contributed by atoms with Gasteiger partial charge in [0.05, 0.1) is 13.5 Å². The van der Waals surface area contributed by atoms with E-state index < -0.39 is 11.8 Å². The first kappa shape index (κ1) is 27.6. The van der Waals surface area contributed by atoms with Crippen molar-refractivity contribution in [2.75, 3.05) is 7.11 Å². The second-order valence-corrected chi connectivity index (χ2v) is 10.9. The van der Waals surface area contributed by atoms with Gasteiger partial charge >= 0.3 is 5.97 Å². The summed E-state index contributed by atoms with van der Waals surface area (Å²) in [5.74, 6) is -0.762. The molecule has 0 aliphatic heterocycles. The minimum Gasteiger partial charge on any atom is -0.497 e. The second kappa shape index (κ2) is 11.5. The lowest BCUT2D eigenvalue weighted by atomic mass is 9.75. The number of carboxylic acids is 1. The number of hydrogen-bond donors (Lipinski definition) is 1. The molecule has 0 amide bonds. The van der Waals surface area contributed by atoms with E-state index in [0.717, 1.165) is 36.0 Å². The van der Waals surface area contributed by atoms with Crippen molar-refractivity contribution in [1.29, 1.82) is 0 Å². The molecule has 1 N–H and O–H groups in total. The number of methoxy groups -OCH3 is 1. The van der Waals surface area contributed by atoms with Gasteiger partial charge in [-0.3, -0.25) is 4.79 Å². The van der Waals surface area contributed by atoms with Crippen LogP contribution in [0.25, 0.3) is 11.1 Å². The Hall–Kier alpha value is -3.41. The van der Waals surface area contributed by atoms with Gasteiger partial charge in [-0.25, -0.2) is 8.78 Å². The molecule has 2 atom stereocenters. The predicted molar refractivity (Wildman–Crippen MR) is 145 cm³/mol. The molecule has 0 heterocycles. The van der Waals surface area contributed by atoms with Gasteiger partial charge in [-0.05, 0) is 89.1 Å². The van der Waals surface area contributed by atoms with Crippen molar-refractivity contribution in [1.82, 2.24) is 0 Å². The average molecular weight is 523 g/mol. The molecular weight excluding hydrogens is 486 g/mol. The van der Waals surface area contributed by atoms with E-state index in [9.17, 15) is 14.3 Å². The second-order valence-electron chi connectivity index (χ2n) is 10.9. The maximum atomic E-state index is 15.0. The molecule has 0 unspecified atom stereocenters. The Morgan fingerprint density at radius 1 is 1.05 bits per heavy atom. The third-order valence-electron chi connectivity index (χ3n) is 7.90. The van der Waals surface area contributed by atoms with Gasteiger partial charge in [0.15, 0.2) is 0 Å². The highest BCUT2D eigenvalue weighted by molar-refractivity contribution is 5.71. The molecule has 6 heteroatoms. The van der Waals surface area contributed by atoms with E-state index in [1.54, 1.807) is 25.3 Å². The van der Waals surface area contributed by atoms with Crippen LogP contribution in [0.3, 0.4) is 0 Å². The van der Waals surface area contributed by atoms with Crippen molar-refractivity contribution in [2.45, 2.75) is 71.3 Å². The Kier molecular flexibility index (Phi) is 8.39. The molecule has 0 aromatic heterocycles. The Bertz CT molecular complexity index is 1300. The first-order valence-corrected chi connectivity index (χ1v) is 13.2. The summed E-state index contributed by atoms with van der Waals surface area (Å²) in [6.07, 6.45) is 3.74. The minimum absolute atomic E-state index is 0.0672. The maximum absolute atomic E-state index is 15.0. The zero-order valence-electron chi connectivity index (χ0n) is 22.5. The lowest BCUT2D eigenvalue weighted by molar-refractivity contribution is -0.137. The number of aliphatic carboxylic acids is 1. The standard InChI is InChI=1S/C32H36F2O4/c1-5-21(16-31(35)36)22-14-23(33)17-25(15-22)38-19-20-8-10-26(28-18-24(37-4)9-11-30(28)34)27(13-20)29-7-6-12-32(29,2)3/h8-11,13-15,17-18,21,29H,5-7,12,16,19H2,1-4H3,(H,35,36)/t21-,29+/m0/s1. The van der Waals surface area contributed by atoms with E-state index in [2.05, 4.69) is 19.9 Å². The summed E-state index contributed by atoms with van der Waals surface area (Å²) in [5, 5.41) is 9.22. The van der Waals surface area contributed by atoms with Gasteiger partial charge < -0.3 is 14.6 Å². The Balaban J connectivity index is 1.66.